The zero-order chi connectivity index (χ0) is 11.1. The van der Waals surface area contributed by atoms with Crippen molar-refractivity contribution >= 4 is 10.8 Å². The van der Waals surface area contributed by atoms with Crippen LogP contribution in [0.2, 0.25) is 0 Å². The first-order valence-electron chi connectivity index (χ1n) is 5.34. The second-order valence-corrected chi connectivity index (χ2v) is 5.10. The molecular formula is C14H17N. The van der Waals surface area contributed by atoms with E-state index >= 15 is 0 Å². The molecule has 0 saturated heterocycles. The topological polar surface area (TPSA) is 12.9 Å². The Balaban J connectivity index is 2.80. The van der Waals surface area contributed by atoms with E-state index in [1.807, 2.05) is 13.1 Å². The fourth-order valence-corrected chi connectivity index (χ4v) is 1.93. The fraction of sp³-hybridized carbons (Fsp3) is 0.357. The Hall–Kier alpha value is -1.37. The molecule has 1 heteroatoms. The molecule has 2 aromatic rings. The van der Waals surface area contributed by atoms with Crippen LogP contribution in [0, 0.1) is 6.92 Å². The van der Waals surface area contributed by atoms with Crippen LogP contribution in [0.5, 0.6) is 0 Å². The summed E-state index contributed by atoms with van der Waals surface area (Å²) in [5, 5.41) is 2.56. The summed E-state index contributed by atoms with van der Waals surface area (Å²) in [5.74, 6) is 0. The van der Waals surface area contributed by atoms with Crippen LogP contribution in [-0.4, -0.2) is 4.98 Å². The summed E-state index contributed by atoms with van der Waals surface area (Å²) in [7, 11) is 0. The third kappa shape index (κ3) is 1.87. The van der Waals surface area contributed by atoms with Gasteiger partial charge >= 0.3 is 0 Å². The van der Waals surface area contributed by atoms with Gasteiger partial charge in [-0.05, 0) is 29.4 Å². The molecule has 0 N–H and O–H groups in total. The largest absolute Gasteiger partial charge is 0.261 e. The average Bonchev–Trinajstić information content (AvgIpc) is 2.15. The number of hydrogen-bond donors (Lipinski definition) is 0. The molecule has 0 radical (unpaired) electrons. The van der Waals surface area contributed by atoms with Crippen LogP contribution in [0.15, 0.2) is 30.5 Å². The van der Waals surface area contributed by atoms with Crippen molar-refractivity contribution in [3.05, 3.63) is 41.7 Å². The molecule has 0 saturated carbocycles. The minimum absolute atomic E-state index is 0.188. The number of aryl methyl sites for hydroxylation is 1. The Kier molecular flexibility index (Phi) is 2.26. The van der Waals surface area contributed by atoms with Gasteiger partial charge in [0.25, 0.3) is 0 Å². The van der Waals surface area contributed by atoms with Gasteiger partial charge < -0.3 is 0 Å². The molecule has 0 fully saturated rings. The first-order valence-corrected chi connectivity index (χ1v) is 5.34. The van der Waals surface area contributed by atoms with Gasteiger partial charge in [0.1, 0.15) is 0 Å². The van der Waals surface area contributed by atoms with E-state index in [1.165, 1.54) is 16.3 Å². The van der Waals surface area contributed by atoms with Crippen LogP contribution in [0.1, 0.15) is 32.0 Å². The van der Waals surface area contributed by atoms with E-state index in [9.17, 15) is 0 Å². The molecule has 0 spiro atoms. The van der Waals surface area contributed by atoms with Gasteiger partial charge in [0.15, 0.2) is 0 Å². The van der Waals surface area contributed by atoms with Crippen molar-refractivity contribution in [1.29, 1.82) is 0 Å². The minimum atomic E-state index is 0.188. The van der Waals surface area contributed by atoms with Gasteiger partial charge in [-0.15, -0.1) is 0 Å². The summed E-state index contributed by atoms with van der Waals surface area (Å²) >= 11 is 0. The van der Waals surface area contributed by atoms with Crippen molar-refractivity contribution in [3.63, 3.8) is 0 Å². The predicted octanol–water partition coefficient (Wildman–Crippen LogP) is 3.84. The van der Waals surface area contributed by atoms with Crippen LogP contribution in [0.3, 0.4) is 0 Å². The third-order valence-electron chi connectivity index (χ3n) is 2.71. The first kappa shape index (κ1) is 10.2. The Bertz CT molecular complexity index is 492. The highest BCUT2D eigenvalue weighted by molar-refractivity contribution is 5.86. The van der Waals surface area contributed by atoms with E-state index in [0.717, 1.165) is 5.69 Å². The molecule has 78 valence electrons. The maximum atomic E-state index is 4.33. The van der Waals surface area contributed by atoms with Crippen molar-refractivity contribution in [2.45, 2.75) is 33.1 Å². The summed E-state index contributed by atoms with van der Waals surface area (Å²) in [4.78, 5) is 4.33. The Morgan fingerprint density at radius 1 is 1.13 bits per heavy atom. The van der Waals surface area contributed by atoms with E-state index in [1.54, 1.807) is 0 Å². The van der Waals surface area contributed by atoms with Crippen molar-refractivity contribution in [3.8, 4) is 0 Å². The normalized spacial score (nSPS) is 12.0. The smallest absolute Gasteiger partial charge is 0.0379 e. The van der Waals surface area contributed by atoms with E-state index in [4.69, 9.17) is 0 Å². The lowest BCUT2D eigenvalue weighted by molar-refractivity contribution is 0.596. The highest BCUT2D eigenvalue weighted by Crippen LogP contribution is 2.29. The van der Waals surface area contributed by atoms with Crippen LogP contribution in [0.25, 0.3) is 10.8 Å². The molecule has 0 bridgehead atoms. The molecule has 1 heterocycles. The van der Waals surface area contributed by atoms with Gasteiger partial charge in [0, 0.05) is 17.3 Å². The standard InChI is InChI=1S/C14H17N/c1-10-8-12-11(9-15-10)6-5-7-13(12)14(2,3)4/h5-9H,1-4H3. The Labute approximate surface area is 91.2 Å². The number of pyridine rings is 1. The van der Waals surface area contributed by atoms with E-state index in [-0.39, 0.29) is 5.41 Å². The maximum absolute atomic E-state index is 4.33. The molecule has 1 nitrogen and oxygen atoms in total. The monoisotopic (exact) mass is 199 g/mol. The minimum Gasteiger partial charge on any atom is -0.261 e. The van der Waals surface area contributed by atoms with Crippen molar-refractivity contribution in [2.75, 3.05) is 0 Å². The highest BCUT2D eigenvalue weighted by Gasteiger charge is 2.16. The number of benzene rings is 1. The summed E-state index contributed by atoms with van der Waals surface area (Å²) in [6.45, 7) is 8.78. The molecule has 0 aliphatic heterocycles. The summed E-state index contributed by atoms with van der Waals surface area (Å²) < 4.78 is 0. The molecule has 0 aliphatic rings. The number of hydrogen-bond acceptors (Lipinski definition) is 1. The van der Waals surface area contributed by atoms with Gasteiger partial charge in [-0.2, -0.15) is 0 Å². The fourth-order valence-electron chi connectivity index (χ4n) is 1.93. The number of fused-ring (bicyclic) bond motifs is 1. The summed E-state index contributed by atoms with van der Waals surface area (Å²) in [6, 6.07) is 8.62. The number of nitrogens with zero attached hydrogens (tertiary/aromatic N) is 1. The number of aromatic nitrogens is 1. The van der Waals surface area contributed by atoms with E-state index in [2.05, 4.69) is 50.0 Å². The van der Waals surface area contributed by atoms with Gasteiger partial charge in [-0.3, -0.25) is 4.98 Å². The van der Waals surface area contributed by atoms with E-state index < -0.39 is 0 Å². The molecule has 1 aromatic heterocycles. The Morgan fingerprint density at radius 2 is 1.87 bits per heavy atom. The SMILES string of the molecule is Cc1cc2c(C(C)(C)C)cccc2cn1. The van der Waals surface area contributed by atoms with Gasteiger partial charge in [-0.25, -0.2) is 0 Å². The lowest BCUT2D eigenvalue weighted by Crippen LogP contribution is -2.11. The second kappa shape index (κ2) is 3.34. The molecule has 0 aliphatic carbocycles. The quantitative estimate of drug-likeness (QED) is 0.628. The maximum Gasteiger partial charge on any atom is 0.0379 e. The molecule has 2 rings (SSSR count). The summed E-state index contributed by atoms with van der Waals surface area (Å²) in [5.41, 5.74) is 2.66. The summed E-state index contributed by atoms with van der Waals surface area (Å²) in [6.07, 6.45) is 1.96. The van der Waals surface area contributed by atoms with Gasteiger partial charge in [0.05, 0.1) is 0 Å². The predicted molar refractivity (Wildman–Crippen MR) is 65.2 cm³/mol. The number of rotatable bonds is 0. The van der Waals surface area contributed by atoms with Crippen LogP contribution < -0.4 is 0 Å². The second-order valence-electron chi connectivity index (χ2n) is 5.10. The zero-order valence-electron chi connectivity index (χ0n) is 9.83. The molecular weight excluding hydrogens is 182 g/mol. The first-order chi connectivity index (χ1) is 6.98. The lowest BCUT2D eigenvalue weighted by atomic mass is 9.84. The van der Waals surface area contributed by atoms with Gasteiger partial charge in [-0.1, -0.05) is 39.0 Å². The highest BCUT2D eigenvalue weighted by atomic mass is 14.7. The van der Waals surface area contributed by atoms with Crippen molar-refractivity contribution in [2.24, 2.45) is 0 Å². The van der Waals surface area contributed by atoms with Gasteiger partial charge in [0.2, 0.25) is 0 Å². The molecule has 0 atom stereocenters. The van der Waals surface area contributed by atoms with Crippen LogP contribution >= 0.6 is 0 Å². The lowest BCUT2D eigenvalue weighted by Gasteiger charge is -2.21. The van der Waals surface area contributed by atoms with E-state index in [0.29, 0.717) is 0 Å². The van der Waals surface area contributed by atoms with Crippen LogP contribution in [-0.2, 0) is 5.41 Å². The van der Waals surface area contributed by atoms with Crippen molar-refractivity contribution in [1.82, 2.24) is 4.98 Å². The van der Waals surface area contributed by atoms with Crippen LogP contribution in [0.4, 0.5) is 0 Å². The molecule has 0 amide bonds. The Morgan fingerprint density at radius 3 is 2.53 bits per heavy atom. The molecule has 0 unspecified atom stereocenters. The average molecular weight is 199 g/mol. The zero-order valence-corrected chi connectivity index (χ0v) is 9.83. The molecule has 1 aromatic carbocycles. The van der Waals surface area contributed by atoms with Crippen molar-refractivity contribution < 1.29 is 0 Å². The molecule has 15 heavy (non-hydrogen) atoms. The third-order valence-corrected chi connectivity index (χ3v) is 2.71.